The van der Waals surface area contributed by atoms with Crippen molar-refractivity contribution in [2.24, 2.45) is 0 Å². The lowest BCUT2D eigenvalue weighted by Crippen LogP contribution is -2.34. The predicted molar refractivity (Wildman–Crippen MR) is 71.7 cm³/mol. The number of hydrogen-bond acceptors (Lipinski definition) is 3. The first-order chi connectivity index (χ1) is 8.05. The monoisotopic (exact) mass is 239 g/mol. The second kappa shape index (κ2) is 6.45. The van der Waals surface area contributed by atoms with Gasteiger partial charge in [-0.1, -0.05) is 13.8 Å². The van der Waals surface area contributed by atoms with Crippen molar-refractivity contribution < 1.29 is 4.39 Å². The van der Waals surface area contributed by atoms with Crippen LogP contribution in [0.3, 0.4) is 0 Å². The van der Waals surface area contributed by atoms with E-state index in [0.717, 1.165) is 25.3 Å². The van der Waals surface area contributed by atoms with E-state index in [0.29, 0.717) is 5.69 Å². The standard InChI is InChI=1S/C13H22FN3/c1-4-17(5-2)9-10(3)16-13-7-11(14)6-12(15)8-13/h6-8,10,16H,4-5,9,15H2,1-3H3. The van der Waals surface area contributed by atoms with E-state index in [1.54, 1.807) is 6.07 Å². The molecular weight excluding hydrogens is 217 g/mol. The first-order valence-corrected chi connectivity index (χ1v) is 6.10. The van der Waals surface area contributed by atoms with Gasteiger partial charge in [-0.3, -0.25) is 0 Å². The molecule has 0 heterocycles. The van der Waals surface area contributed by atoms with Gasteiger partial charge >= 0.3 is 0 Å². The van der Waals surface area contributed by atoms with Crippen LogP contribution < -0.4 is 11.1 Å². The van der Waals surface area contributed by atoms with Crippen molar-refractivity contribution >= 4 is 11.4 Å². The molecule has 0 spiro atoms. The zero-order valence-corrected chi connectivity index (χ0v) is 10.8. The molecular formula is C13H22FN3. The second-order valence-corrected chi connectivity index (χ2v) is 4.30. The Hall–Kier alpha value is -1.29. The highest BCUT2D eigenvalue weighted by atomic mass is 19.1. The molecule has 1 unspecified atom stereocenters. The van der Waals surface area contributed by atoms with E-state index < -0.39 is 0 Å². The topological polar surface area (TPSA) is 41.3 Å². The van der Waals surface area contributed by atoms with Gasteiger partial charge in [-0.15, -0.1) is 0 Å². The Balaban J connectivity index is 2.58. The number of rotatable bonds is 6. The fourth-order valence-electron chi connectivity index (χ4n) is 1.89. The van der Waals surface area contributed by atoms with Crippen molar-refractivity contribution in [3.63, 3.8) is 0 Å². The van der Waals surface area contributed by atoms with Crippen LogP contribution >= 0.6 is 0 Å². The third kappa shape index (κ3) is 4.61. The summed E-state index contributed by atoms with van der Waals surface area (Å²) in [4.78, 5) is 2.32. The van der Waals surface area contributed by atoms with Gasteiger partial charge in [0, 0.05) is 24.0 Å². The minimum atomic E-state index is -0.303. The van der Waals surface area contributed by atoms with Crippen molar-refractivity contribution in [1.29, 1.82) is 0 Å². The van der Waals surface area contributed by atoms with Crippen molar-refractivity contribution in [2.75, 3.05) is 30.7 Å². The molecule has 0 fully saturated rings. The molecule has 0 radical (unpaired) electrons. The molecule has 0 aliphatic heterocycles. The third-order valence-electron chi connectivity index (χ3n) is 2.76. The number of halogens is 1. The van der Waals surface area contributed by atoms with Crippen LogP contribution in [0.5, 0.6) is 0 Å². The summed E-state index contributed by atoms with van der Waals surface area (Å²) in [7, 11) is 0. The molecule has 0 saturated heterocycles. The number of nitrogens with two attached hydrogens (primary N) is 1. The number of nitrogens with zero attached hydrogens (tertiary/aromatic N) is 1. The molecule has 17 heavy (non-hydrogen) atoms. The molecule has 0 aliphatic rings. The summed E-state index contributed by atoms with van der Waals surface area (Å²) in [6.07, 6.45) is 0. The van der Waals surface area contributed by atoms with E-state index in [2.05, 4.69) is 31.0 Å². The van der Waals surface area contributed by atoms with Crippen molar-refractivity contribution in [2.45, 2.75) is 26.8 Å². The summed E-state index contributed by atoms with van der Waals surface area (Å²) in [5, 5.41) is 3.26. The highest BCUT2D eigenvalue weighted by molar-refractivity contribution is 5.55. The summed E-state index contributed by atoms with van der Waals surface area (Å²) in [6, 6.07) is 4.80. The van der Waals surface area contributed by atoms with Crippen LogP contribution in [0.1, 0.15) is 20.8 Å². The summed E-state index contributed by atoms with van der Waals surface area (Å²) in [5.41, 5.74) is 6.78. The first kappa shape index (κ1) is 13.8. The van der Waals surface area contributed by atoms with E-state index in [4.69, 9.17) is 5.73 Å². The van der Waals surface area contributed by atoms with Crippen molar-refractivity contribution in [3.8, 4) is 0 Å². The van der Waals surface area contributed by atoms with E-state index in [1.807, 2.05) is 0 Å². The van der Waals surface area contributed by atoms with E-state index in [-0.39, 0.29) is 11.9 Å². The van der Waals surface area contributed by atoms with Crippen molar-refractivity contribution in [1.82, 2.24) is 4.90 Å². The summed E-state index contributed by atoms with van der Waals surface area (Å²) >= 11 is 0. The van der Waals surface area contributed by atoms with Gasteiger partial charge < -0.3 is 16.0 Å². The van der Waals surface area contributed by atoms with Gasteiger partial charge in [0.05, 0.1) is 0 Å². The molecule has 1 atom stereocenters. The number of hydrogen-bond donors (Lipinski definition) is 2. The zero-order valence-electron chi connectivity index (χ0n) is 10.8. The summed E-state index contributed by atoms with van der Waals surface area (Å²) < 4.78 is 13.1. The number of nitrogen functional groups attached to an aromatic ring is 1. The molecule has 0 amide bonds. The Morgan fingerprint density at radius 3 is 2.47 bits per heavy atom. The lowest BCUT2D eigenvalue weighted by atomic mass is 10.2. The van der Waals surface area contributed by atoms with Gasteiger partial charge in [-0.25, -0.2) is 4.39 Å². The normalized spacial score (nSPS) is 12.8. The minimum Gasteiger partial charge on any atom is -0.399 e. The van der Waals surface area contributed by atoms with Gasteiger partial charge in [0.1, 0.15) is 5.82 Å². The molecule has 1 aromatic carbocycles. The van der Waals surface area contributed by atoms with Gasteiger partial charge in [-0.05, 0) is 38.2 Å². The van der Waals surface area contributed by atoms with Gasteiger partial charge in [0.2, 0.25) is 0 Å². The molecule has 96 valence electrons. The van der Waals surface area contributed by atoms with Crippen LogP contribution in [0.15, 0.2) is 18.2 Å². The molecule has 3 nitrogen and oxygen atoms in total. The van der Waals surface area contributed by atoms with Crippen LogP contribution in [0.2, 0.25) is 0 Å². The molecule has 0 saturated carbocycles. The van der Waals surface area contributed by atoms with Crippen LogP contribution in [-0.4, -0.2) is 30.6 Å². The number of benzene rings is 1. The quantitative estimate of drug-likeness (QED) is 0.750. The average Bonchev–Trinajstić information content (AvgIpc) is 2.24. The number of nitrogens with one attached hydrogen (secondary N) is 1. The summed E-state index contributed by atoms with van der Waals surface area (Å²) in [6.45, 7) is 9.33. The third-order valence-corrected chi connectivity index (χ3v) is 2.76. The lowest BCUT2D eigenvalue weighted by Gasteiger charge is -2.24. The Morgan fingerprint density at radius 1 is 1.29 bits per heavy atom. The maximum atomic E-state index is 13.1. The molecule has 3 N–H and O–H groups in total. The van der Waals surface area contributed by atoms with Gasteiger partial charge in [0.15, 0.2) is 0 Å². The number of anilines is 2. The smallest absolute Gasteiger partial charge is 0.127 e. The van der Waals surface area contributed by atoms with Crippen LogP contribution in [0.4, 0.5) is 15.8 Å². The van der Waals surface area contributed by atoms with Gasteiger partial charge in [-0.2, -0.15) is 0 Å². The predicted octanol–water partition coefficient (Wildman–Crippen LogP) is 2.55. The fraction of sp³-hybridized carbons (Fsp3) is 0.538. The first-order valence-electron chi connectivity index (χ1n) is 6.10. The van der Waals surface area contributed by atoms with Crippen LogP contribution in [0.25, 0.3) is 0 Å². The van der Waals surface area contributed by atoms with Crippen LogP contribution in [0, 0.1) is 5.82 Å². The van der Waals surface area contributed by atoms with E-state index >= 15 is 0 Å². The lowest BCUT2D eigenvalue weighted by molar-refractivity contribution is 0.295. The van der Waals surface area contributed by atoms with E-state index in [9.17, 15) is 4.39 Å². The molecule has 0 aromatic heterocycles. The Kier molecular flexibility index (Phi) is 5.22. The number of likely N-dealkylation sites (N-methyl/N-ethyl adjacent to an activating group) is 1. The zero-order chi connectivity index (χ0) is 12.8. The highest BCUT2D eigenvalue weighted by Crippen LogP contribution is 2.16. The maximum Gasteiger partial charge on any atom is 0.127 e. The Labute approximate surface area is 103 Å². The van der Waals surface area contributed by atoms with Crippen LogP contribution in [-0.2, 0) is 0 Å². The van der Waals surface area contributed by atoms with Gasteiger partial charge in [0.25, 0.3) is 0 Å². The molecule has 1 aromatic rings. The van der Waals surface area contributed by atoms with Crippen molar-refractivity contribution in [3.05, 3.63) is 24.0 Å². The summed E-state index contributed by atoms with van der Waals surface area (Å²) in [5.74, 6) is -0.303. The minimum absolute atomic E-state index is 0.260. The largest absolute Gasteiger partial charge is 0.399 e. The molecule has 0 bridgehead atoms. The molecule has 4 heteroatoms. The second-order valence-electron chi connectivity index (χ2n) is 4.30. The molecule has 0 aliphatic carbocycles. The van der Waals surface area contributed by atoms with E-state index in [1.165, 1.54) is 12.1 Å². The fourth-order valence-corrected chi connectivity index (χ4v) is 1.89. The SMILES string of the molecule is CCN(CC)CC(C)Nc1cc(N)cc(F)c1. The maximum absolute atomic E-state index is 13.1. The Morgan fingerprint density at radius 2 is 1.94 bits per heavy atom. The Bertz CT molecular complexity index is 330. The average molecular weight is 239 g/mol. The molecule has 1 rings (SSSR count). The highest BCUT2D eigenvalue weighted by Gasteiger charge is 2.07.